The number of carbonyl (C=O) groups excluding carboxylic acids is 3. The van der Waals surface area contributed by atoms with E-state index in [1.165, 1.54) is 11.3 Å². The maximum absolute atomic E-state index is 11.8. The number of esters is 1. The van der Waals surface area contributed by atoms with Gasteiger partial charge in [-0.15, -0.1) is 11.3 Å². The van der Waals surface area contributed by atoms with Gasteiger partial charge in [0.15, 0.2) is 13.2 Å². The van der Waals surface area contributed by atoms with Crippen molar-refractivity contribution in [1.29, 1.82) is 0 Å². The van der Waals surface area contributed by atoms with E-state index in [4.69, 9.17) is 9.47 Å². The highest BCUT2D eigenvalue weighted by Crippen LogP contribution is 2.27. The van der Waals surface area contributed by atoms with E-state index in [0.29, 0.717) is 10.6 Å². The molecule has 0 saturated heterocycles. The van der Waals surface area contributed by atoms with Gasteiger partial charge in [0, 0.05) is 0 Å². The van der Waals surface area contributed by atoms with Crippen molar-refractivity contribution in [2.45, 2.75) is 26.7 Å². The minimum atomic E-state index is -0.685. The molecular weight excluding hydrogens is 354 g/mol. The molecule has 0 aliphatic heterocycles. The lowest BCUT2D eigenvalue weighted by Crippen LogP contribution is -2.34. The highest BCUT2D eigenvalue weighted by Gasteiger charge is 2.14. The first-order valence-electron chi connectivity index (χ1n) is 8.13. The third-order valence-corrected chi connectivity index (χ3v) is 4.37. The molecule has 0 spiro atoms. The van der Waals surface area contributed by atoms with Crippen LogP contribution >= 0.6 is 11.3 Å². The molecule has 0 saturated carbocycles. The smallest absolute Gasteiger partial charge is 0.344 e. The molecule has 0 radical (unpaired) electrons. The zero-order valence-electron chi connectivity index (χ0n) is 14.9. The molecule has 2 aromatic rings. The minimum absolute atomic E-state index is 0.246. The van der Waals surface area contributed by atoms with Crippen molar-refractivity contribution in [3.8, 4) is 5.75 Å². The van der Waals surface area contributed by atoms with Gasteiger partial charge in [-0.1, -0.05) is 32.0 Å². The summed E-state index contributed by atoms with van der Waals surface area (Å²) < 4.78 is 10.4. The van der Waals surface area contributed by atoms with E-state index < -0.39 is 24.4 Å². The molecule has 0 fully saturated rings. The van der Waals surface area contributed by atoms with Crippen molar-refractivity contribution < 1.29 is 23.9 Å². The van der Waals surface area contributed by atoms with E-state index in [0.717, 1.165) is 11.1 Å². The average Bonchev–Trinajstić information content (AvgIpc) is 3.12. The van der Waals surface area contributed by atoms with E-state index in [1.807, 2.05) is 39.0 Å². The van der Waals surface area contributed by atoms with Crippen molar-refractivity contribution in [3.63, 3.8) is 0 Å². The standard InChI is InChI=1S/C19H21NO5S/c1-12(2)14-7-6-13(3)9-15(14)24-11-18(22)25-10-17(21)20-19(23)16-5-4-8-26-16/h4-9,12H,10-11H2,1-3H3,(H,20,21,23). The first-order valence-corrected chi connectivity index (χ1v) is 9.01. The summed E-state index contributed by atoms with van der Waals surface area (Å²) in [5, 5.41) is 3.89. The van der Waals surface area contributed by atoms with Crippen LogP contribution in [0.4, 0.5) is 0 Å². The Bertz CT molecular complexity index is 783. The van der Waals surface area contributed by atoms with Gasteiger partial charge in [0.1, 0.15) is 5.75 Å². The van der Waals surface area contributed by atoms with Gasteiger partial charge >= 0.3 is 5.97 Å². The van der Waals surface area contributed by atoms with Crippen molar-refractivity contribution in [2.75, 3.05) is 13.2 Å². The minimum Gasteiger partial charge on any atom is -0.482 e. The summed E-state index contributed by atoms with van der Waals surface area (Å²) in [4.78, 5) is 35.6. The molecule has 0 atom stereocenters. The maximum atomic E-state index is 11.8. The van der Waals surface area contributed by atoms with E-state index in [1.54, 1.807) is 17.5 Å². The van der Waals surface area contributed by atoms with Gasteiger partial charge < -0.3 is 9.47 Å². The lowest BCUT2D eigenvalue weighted by atomic mass is 10.0. The Kier molecular flexibility index (Phi) is 6.91. The summed E-state index contributed by atoms with van der Waals surface area (Å²) in [6, 6.07) is 9.11. The second-order valence-electron chi connectivity index (χ2n) is 6.00. The van der Waals surface area contributed by atoms with Crippen molar-refractivity contribution in [1.82, 2.24) is 5.32 Å². The zero-order valence-corrected chi connectivity index (χ0v) is 15.7. The number of nitrogens with one attached hydrogen (secondary N) is 1. The topological polar surface area (TPSA) is 81.7 Å². The zero-order chi connectivity index (χ0) is 19.1. The summed E-state index contributed by atoms with van der Waals surface area (Å²) in [5.41, 5.74) is 2.01. The lowest BCUT2D eigenvalue weighted by Gasteiger charge is -2.14. The Morgan fingerprint density at radius 1 is 1.15 bits per heavy atom. The van der Waals surface area contributed by atoms with Crippen LogP contribution in [0.15, 0.2) is 35.7 Å². The number of imide groups is 1. The van der Waals surface area contributed by atoms with E-state index in [9.17, 15) is 14.4 Å². The molecule has 1 aromatic heterocycles. The van der Waals surface area contributed by atoms with E-state index in [-0.39, 0.29) is 12.5 Å². The SMILES string of the molecule is Cc1ccc(C(C)C)c(OCC(=O)OCC(=O)NC(=O)c2cccs2)c1. The highest BCUT2D eigenvalue weighted by atomic mass is 32.1. The predicted octanol–water partition coefficient (Wildman–Crippen LogP) is 3.06. The molecule has 138 valence electrons. The number of carbonyl (C=O) groups is 3. The Morgan fingerprint density at radius 3 is 2.58 bits per heavy atom. The van der Waals surface area contributed by atoms with Crippen LogP contribution in [0, 0.1) is 6.92 Å². The molecule has 0 aliphatic carbocycles. The van der Waals surface area contributed by atoms with Crippen molar-refractivity contribution >= 4 is 29.1 Å². The largest absolute Gasteiger partial charge is 0.482 e. The summed E-state index contributed by atoms with van der Waals surface area (Å²) >= 11 is 1.22. The van der Waals surface area contributed by atoms with Crippen molar-refractivity contribution in [3.05, 3.63) is 51.7 Å². The van der Waals surface area contributed by atoms with E-state index >= 15 is 0 Å². The average molecular weight is 375 g/mol. The summed E-state index contributed by atoms with van der Waals surface area (Å²) in [7, 11) is 0. The Balaban J connectivity index is 1.80. The molecule has 1 heterocycles. The molecule has 0 bridgehead atoms. The van der Waals surface area contributed by atoms with Crippen LogP contribution < -0.4 is 10.1 Å². The number of hydrogen-bond donors (Lipinski definition) is 1. The third kappa shape index (κ3) is 5.70. The molecule has 2 amide bonds. The van der Waals surface area contributed by atoms with Gasteiger partial charge in [-0.3, -0.25) is 14.9 Å². The predicted molar refractivity (Wildman–Crippen MR) is 98.5 cm³/mol. The first-order chi connectivity index (χ1) is 12.4. The monoisotopic (exact) mass is 375 g/mol. The van der Waals surface area contributed by atoms with Crippen LogP contribution in [0.5, 0.6) is 5.75 Å². The molecule has 1 aromatic carbocycles. The van der Waals surface area contributed by atoms with Gasteiger partial charge in [0.2, 0.25) is 0 Å². The number of hydrogen-bond acceptors (Lipinski definition) is 6. The third-order valence-electron chi connectivity index (χ3n) is 3.50. The van der Waals surface area contributed by atoms with Crippen LogP contribution in [-0.4, -0.2) is 31.0 Å². The van der Waals surface area contributed by atoms with E-state index in [2.05, 4.69) is 5.32 Å². The molecule has 7 heteroatoms. The Labute approximate surface area is 156 Å². The molecule has 26 heavy (non-hydrogen) atoms. The highest BCUT2D eigenvalue weighted by molar-refractivity contribution is 7.12. The fraction of sp³-hybridized carbons (Fsp3) is 0.316. The van der Waals surface area contributed by atoms with Crippen LogP contribution in [0.1, 0.15) is 40.6 Å². The van der Waals surface area contributed by atoms with Crippen LogP contribution in [0.2, 0.25) is 0 Å². The number of rotatable bonds is 7. The quantitative estimate of drug-likeness (QED) is 0.752. The van der Waals surface area contributed by atoms with Gasteiger partial charge in [-0.05, 0) is 41.5 Å². The van der Waals surface area contributed by atoms with Crippen LogP contribution in [0.25, 0.3) is 0 Å². The normalized spacial score (nSPS) is 10.5. The summed E-state index contributed by atoms with van der Waals surface area (Å²) in [6.07, 6.45) is 0. The fourth-order valence-corrected chi connectivity index (χ4v) is 2.82. The van der Waals surface area contributed by atoms with Gasteiger partial charge in [0.05, 0.1) is 4.88 Å². The Morgan fingerprint density at radius 2 is 1.92 bits per heavy atom. The van der Waals surface area contributed by atoms with Gasteiger partial charge in [-0.25, -0.2) is 4.79 Å². The number of thiophene rings is 1. The molecule has 6 nitrogen and oxygen atoms in total. The lowest BCUT2D eigenvalue weighted by molar-refractivity contribution is -0.150. The first kappa shape index (κ1) is 19.7. The number of amides is 2. The maximum Gasteiger partial charge on any atom is 0.344 e. The summed E-state index contributed by atoms with van der Waals surface area (Å²) in [5.74, 6) is -1.02. The van der Waals surface area contributed by atoms with Gasteiger partial charge in [0.25, 0.3) is 11.8 Å². The van der Waals surface area contributed by atoms with Crippen LogP contribution in [0.3, 0.4) is 0 Å². The second kappa shape index (κ2) is 9.15. The van der Waals surface area contributed by atoms with Crippen LogP contribution in [-0.2, 0) is 14.3 Å². The number of ether oxygens (including phenoxy) is 2. The molecular formula is C19H21NO5S. The summed E-state index contributed by atoms with van der Waals surface area (Å²) in [6.45, 7) is 5.15. The number of benzene rings is 1. The second-order valence-corrected chi connectivity index (χ2v) is 6.95. The molecule has 2 rings (SSSR count). The molecule has 0 aliphatic rings. The molecule has 1 N–H and O–H groups in total. The van der Waals surface area contributed by atoms with Gasteiger partial charge in [-0.2, -0.15) is 0 Å². The molecule has 0 unspecified atom stereocenters. The fourth-order valence-electron chi connectivity index (χ4n) is 2.20. The van der Waals surface area contributed by atoms with Crippen molar-refractivity contribution in [2.24, 2.45) is 0 Å². The number of aryl methyl sites for hydroxylation is 1. The Hall–Kier alpha value is -2.67.